The largest absolute Gasteiger partial charge is 0.349 e. The first-order valence-electron chi connectivity index (χ1n) is 5.47. The fourth-order valence-electron chi connectivity index (χ4n) is 1.89. The molecule has 0 radical (unpaired) electrons. The predicted octanol–water partition coefficient (Wildman–Crippen LogP) is 1.76. The van der Waals surface area contributed by atoms with Crippen molar-refractivity contribution in [3.05, 3.63) is 24.0 Å². The Morgan fingerprint density at radius 2 is 2.06 bits per heavy atom. The molecular weight excluding hydrogens is 226 g/mol. The second-order valence-corrected chi connectivity index (χ2v) is 4.67. The monoisotopic (exact) mass is 239 g/mol. The number of amides is 1. The van der Waals surface area contributed by atoms with Crippen LogP contribution in [0.25, 0.3) is 0 Å². The lowest BCUT2D eigenvalue weighted by molar-refractivity contribution is 0.0927. The molecule has 0 bridgehead atoms. The van der Waals surface area contributed by atoms with Gasteiger partial charge in [-0.25, -0.2) is 0 Å². The lowest BCUT2D eigenvalue weighted by Crippen LogP contribution is -2.37. The van der Waals surface area contributed by atoms with E-state index in [-0.39, 0.29) is 17.3 Å². The molecule has 1 fully saturated rings. The van der Waals surface area contributed by atoms with Crippen molar-refractivity contribution in [2.75, 3.05) is 0 Å². The van der Waals surface area contributed by atoms with Crippen molar-refractivity contribution in [1.29, 1.82) is 0 Å². The maximum Gasteiger partial charge on any atom is 0.253 e. The summed E-state index contributed by atoms with van der Waals surface area (Å²) in [4.78, 5) is 11.8. The Balaban J connectivity index is 1.88. The Labute approximate surface area is 99.4 Å². The zero-order valence-corrected chi connectivity index (χ0v) is 9.65. The van der Waals surface area contributed by atoms with E-state index < -0.39 is 0 Å². The molecule has 1 aliphatic rings. The van der Waals surface area contributed by atoms with E-state index in [4.69, 9.17) is 11.6 Å². The van der Waals surface area contributed by atoms with Gasteiger partial charge in [0.15, 0.2) is 0 Å². The number of carbonyl (C=O) groups is 1. The number of aromatic nitrogens is 2. The predicted molar refractivity (Wildman–Crippen MR) is 61.4 cm³/mol. The van der Waals surface area contributed by atoms with Crippen LogP contribution in [0.3, 0.4) is 0 Å². The summed E-state index contributed by atoms with van der Waals surface area (Å²) in [6.07, 6.45) is 6.85. The molecule has 1 aromatic rings. The zero-order valence-electron chi connectivity index (χ0n) is 8.90. The maximum absolute atomic E-state index is 11.8. The number of rotatable bonds is 2. The zero-order chi connectivity index (χ0) is 11.4. The Morgan fingerprint density at radius 1 is 1.31 bits per heavy atom. The second-order valence-electron chi connectivity index (χ2n) is 4.05. The highest BCUT2D eigenvalue weighted by atomic mass is 35.5. The Bertz CT molecular complexity index is 350. The van der Waals surface area contributed by atoms with Gasteiger partial charge in [0.1, 0.15) is 0 Å². The summed E-state index contributed by atoms with van der Waals surface area (Å²) in [5.41, 5.74) is 0.558. The van der Waals surface area contributed by atoms with Crippen LogP contribution < -0.4 is 5.32 Å². The Morgan fingerprint density at radius 3 is 2.69 bits per heavy atom. The van der Waals surface area contributed by atoms with Crippen molar-refractivity contribution in [3.63, 3.8) is 0 Å². The number of hydrogen-bond donors (Lipinski definition) is 1. The van der Waals surface area contributed by atoms with Crippen LogP contribution in [0.4, 0.5) is 0 Å². The van der Waals surface area contributed by atoms with Gasteiger partial charge in [-0.05, 0) is 31.7 Å². The van der Waals surface area contributed by atoms with E-state index in [1.54, 1.807) is 6.07 Å². The number of hydrogen-bond acceptors (Lipinski definition) is 3. The first-order chi connectivity index (χ1) is 7.75. The van der Waals surface area contributed by atoms with Crippen molar-refractivity contribution in [3.8, 4) is 0 Å². The molecule has 1 aliphatic carbocycles. The van der Waals surface area contributed by atoms with Crippen molar-refractivity contribution in [2.45, 2.75) is 37.1 Å². The van der Waals surface area contributed by atoms with Crippen molar-refractivity contribution in [2.24, 2.45) is 0 Å². The topological polar surface area (TPSA) is 54.9 Å². The van der Waals surface area contributed by atoms with E-state index in [0.717, 1.165) is 25.7 Å². The molecule has 2 rings (SSSR count). The molecule has 4 nitrogen and oxygen atoms in total. The summed E-state index contributed by atoms with van der Waals surface area (Å²) in [6.45, 7) is 0. The summed E-state index contributed by atoms with van der Waals surface area (Å²) >= 11 is 6.00. The average molecular weight is 240 g/mol. The van der Waals surface area contributed by atoms with Crippen LogP contribution >= 0.6 is 11.6 Å². The maximum atomic E-state index is 11.8. The number of nitrogens with one attached hydrogen (secondary N) is 1. The first-order valence-corrected chi connectivity index (χ1v) is 5.91. The van der Waals surface area contributed by atoms with Crippen LogP contribution in [0, 0.1) is 0 Å². The van der Waals surface area contributed by atoms with Crippen LogP contribution in [0.1, 0.15) is 36.0 Å². The van der Waals surface area contributed by atoms with Gasteiger partial charge in [-0.1, -0.05) is 0 Å². The third-order valence-corrected chi connectivity index (χ3v) is 3.27. The lowest BCUT2D eigenvalue weighted by Gasteiger charge is -2.25. The fraction of sp³-hybridized carbons (Fsp3) is 0.545. The van der Waals surface area contributed by atoms with Crippen LogP contribution in [-0.2, 0) is 0 Å². The molecule has 0 saturated heterocycles. The third kappa shape index (κ3) is 2.92. The second kappa shape index (κ2) is 5.25. The summed E-state index contributed by atoms with van der Waals surface area (Å²) in [7, 11) is 0. The minimum absolute atomic E-state index is 0.0760. The normalized spacial score (nSPS) is 25.1. The van der Waals surface area contributed by atoms with Gasteiger partial charge >= 0.3 is 0 Å². The van der Waals surface area contributed by atoms with Crippen LogP contribution in [0.2, 0.25) is 0 Å². The quantitative estimate of drug-likeness (QED) is 0.800. The van der Waals surface area contributed by atoms with Gasteiger partial charge in [0.25, 0.3) is 5.91 Å². The molecule has 0 aliphatic heterocycles. The van der Waals surface area contributed by atoms with Gasteiger partial charge in [-0.2, -0.15) is 10.2 Å². The molecule has 0 unspecified atom stereocenters. The SMILES string of the molecule is O=C(NC1CCC(Cl)CC1)c1ccnnc1. The van der Waals surface area contributed by atoms with Crippen molar-refractivity contribution in [1.82, 2.24) is 15.5 Å². The number of alkyl halides is 1. The summed E-state index contributed by atoms with van der Waals surface area (Å²) < 4.78 is 0. The molecule has 1 aromatic heterocycles. The smallest absolute Gasteiger partial charge is 0.253 e. The molecule has 16 heavy (non-hydrogen) atoms. The van der Waals surface area contributed by atoms with E-state index in [9.17, 15) is 4.79 Å². The van der Waals surface area contributed by atoms with Crippen molar-refractivity contribution < 1.29 is 4.79 Å². The van der Waals surface area contributed by atoms with Crippen LogP contribution in [0.5, 0.6) is 0 Å². The van der Waals surface area contributed by atoms with E-state index in [1.807, 2.05) is 0 Å². The molecule has 1 heterocycles. The summed E-state index contributed by atoms with van der Waals surface area (Å²) in [6, 6.07) is 1.91. The summed E-state index contributed by atoms with van der Waals surface area (Å²) in [5, 5.41) is 10.6. The Hall–Kier alpha value is -1.16. The minimum atomic E-state index is -0.0760. The molecule has 1 N–H and O–H groups in total. The van der Waals surface area contributed by atoms with Gasteiger partial charge in [0.2, 0.25) is 0 Å². The van der Waals surface area contributed by atoms with Crippen LogP contribution in [0.15, 0.2) is 18.5 Å². The molecule has 0 aromatic carbocycles. The van der Waals surface area contributed by atoms with E-state index in [0.29, 0.717) is 5.56 Å². The van der Waals surface area contributed by atoms with E-state index in [2.05, 4.69) is 15.5 Å². The van der Waals surface area contributed by atoms with Gasteiger partial charge < -0.3 is 5.32 Å². The first kappa shape index (κ1) is 11.3. The molecule has 1 saturated carbocycles. The number of nitrogens with zero attached hydrogens (tertiary/aromatic N) is 2. The molecule has 5 heteroatoms. The van der Waals surface area contributed by atoms with E-state index >= 15 is 0 Å². The highest BCUT2D eigenvalue weighted by Crippen LogP contribution is 2.22. The van der Waals surface area contributed by atoms with Gasteiger partial charge in [-0.15, -0.1) is 11.6 Å². The highest BCUT2D eigenvalue weighted by molar-refractivity contribution is 6.20. The standard InChI is InChI=1S/C11H14ClN3O/c12-9-1-3-10(4-2-9)15-11(16)8-5-6-13-14-7-8/h5-7,9-10H,1-4H2,(H,15,16). The number of carbonyl (C=O) groups excluding carboxylic acids is 1. The summed E-state index contributed by atoms with van der Waals surface area (Å²) in [5.74, 6) is -0.0760. The molecule has 1 amide bonds. The third-order valence-electron chi connectivity index (χ3n) is 2.84. The molecular formula is C11H14ClN3O. The minimum Gasteiger partial charge on any atom is -0.349 e. The number of halogens is 1. The molecule has 86 valence electrons. The van der Waals surface area contributed by atoms with E-state index in [1.165, 1.54) is 12.4 Å². The molecule has 0 spiro atoms. The van der Waals surface area contributed by atoms with Gasteiger partial charge in [0.05, 0.1) is 18.0 Å². The van der Waals surface area contributed by atoms with Crippen molar-refractivity contribution >= 4 is 17.5 Å². The fourth-order valence-corrected chi connectivity index (χ4v) is 2.14. The van der Waals surface area contributed by atoms with Gasteiger partial charge in [0, 0.05) is 11.4 Å². The lowest BCUT2D eigenvalue weighted by atomic mass is 9.95. The van der Waals surface area contributed by atoms with Gasteiger partial charge in [-0.3, -0.25) is 4.79 Å². The molecule has 0 atom stereocenters. The Kier molecular flexibility index (Phi) is 3.72. The van der Waals surface area contributed by atoms with Crippen LogP contribution in [-0.4, -0.2) is 27.5 Å². The average Bonchev–Trinajstić information content (AvgIpc) is 2.33. The highest BCUT2D eigenvalue weighted by Gasteiger charge is 2.21.